The minimum absolute atomic E-state index is 1.91. The summed E-state index contributed by atoms with van der Waals surface area (Å²) in [4.78, 5) is 0. The first-order valence-corrected chi connectivity index (χ1v) is 3.96. The summed E-state index contributed by atoms with van der Waals surface area (Å²) in [6.45, 7) is 0. The van der Waals surface area contributed by atoms with Gasteiger partial charge in [-0.05, 0) is 0 Å². The fourth-order valence-corrected chi connectivity index (χ4v) is 0.848. The van der Waals surface area contributed by atoms with Gasteiger partial charge in [0.25, 0.3) is 0 Å². The summed E-state index contributed by atoms with van der Waals surface area (Å²) >= 11 is -2.49. The number of alkyl halides is 6. The van der Waals surface area contributed by atoms with E-state index in [1.807, 2.05) is 12.6 Å². The van der Waals surface area contributed by atoms with Crippen LogP contribution in [0.1, 0.15) is 0 Å². The molecule has 1 unspecified atom stereocenters. The number of hydrogen-bond acceptors (Lipinski definition) is 2. The molecule has 0 rings (SSSR count). The van der Waals surface area contributed by atoms with E-state index >= 15 is 0 Å². The molecule has 80 valence electrons. The zero-order valence-corrected chi connectivity index (χ0v) is 7.19. The predicted octanol–water partition coefficient (Wildman–Crippen LogP) is 1.96. The lowest BCUT2D eigenvalue weighted by atomic mass is 10.3. The van der Waals surface area contributed by atoms with Crippen LogP contribution in [0.25, 0.3) is 0 Å². The minimum Gasteiger partial charge on any atom is -0.301 e. The monoisotopic (exact) mass is 248 g/mol. The summed E-state index contributed by atoms with van der Waals surface area (Å²) in [5.41, 5.74) is 0. The summed E-state index contributed by atoms with van der Waals surface area (Å²) in [7, 11) is 0. The van der Waals surface area contributed by atoms with Crippen molar-refractivity contribution in [2.24, 2.45) is 0 Å². The van der Waals surface area contributed by atoms with Gasteiger partial charge in [0.05, 0.1) is 0 Å². The molecule has 0 fully saturated rings. The van der Waals surface area contributed by atoms with E-state index in [0.717, 1.165) is 0 Å². The van der Waals surface area contributed by atoms with Gasteiger partial charge in [0.1, 0.15) is 0 Å². The van der Waals surface area contributed by atoms with E-state index in [4.69, 9.17) is 4.55 Å². The first-order chi connectivity index (χ1) is 5.44. The molecule has 0 bridgehead atoms. The van der Waals surface area contributed by atoms with Crippen LogP contribution in [0.4, 0.5) is 26.3 Å². The van der Waals surface area contributed by atoms with Gasteiger partial charge in [-0.2, -0.15) is 26.3 Å². The van der Waals surface area contributed by atoms with Crippen molar-refractivity contribution in [1.29, 1.82) is 0 Å². The second kappa shape index (κ2) is 3.31. The molecule has 0 aromatic heterocycles. The van der Waals surface area contributed by atoms with Crippen LogP contribution < -0.4 is 0 Å². The second-order valence-corrected chi connectivity index (χ2v) is 3.45. The van der Waals surface area contributed by atoms with E-state index in [2.05, 4.69) is 0 Å². The molecule has 0 radical (unpaired) electrons. The third-order valence-electron chi connectivity index (χ3n) is 0.963. The lowest BCUT2D eigenvalue weighted by molar-refractivity contribution is -0.239. The van der Waals surface area contributed by atoms with Gasteiger partial charge in [-0.1, -0.05) is 12.6 Å². The molecule has 1 N–H and O–H groups in total. The van der Waals surface area contributed by atoms with Crippen LogP contribution in [0.3, 0.4) is 0 Å². The number of halogens is 6. The van der Waals surface area contributed by atoms with Gasteiger partial charge < -0.3 is 4.55 Å². The van der Waals surface area contributed by atoms with Gasteiger partial charge in [0, 0.05) is 0 Å². The summed E-state index contributed by atoms with van der Waals surface area (Å²) in [5.74, 6) is -6.00. The summed E-state index contributed by atoms with van der Waals surface area (Å²) < 4.78 is 88.8. The normalized spacial score (nSPS) is 17.2. The van der Waals surface area contributed by atoms with Crippen molar-refractivity contribution >= 4 is 23.7 Å². The molecule has 13 heavy (non-hydrogen) atoms. The molecule has 0 aliphatic carbocycles. The van der Waals surface area contributed by atoms with E-state index in [1.54, 1.807) is 0 Å². The van der Waals surface area contributed by atoms with E-state index in [9.17, 15) is 30.6 Å². The Kier molecular flexibility index (Phi) is 3.33. The average Bonchev–Trinajstić information content (AvgIpc) is 1.84. The van der Waals surface area contributed by atoms with Crippen LogP contribution in [0.5, 0.6) is 0 Å². The molecular formula is C3H2F6O2S2. The highest BCUT2D eigenvalue weighted by molar-refractivity contribution is 7.82. The van der Waals surface area contributed by atoms with E-state index < -0.39 is 27.5 Å². The second-order valence-electron chi connectivity index (χ2n) is 1.88. The van der Waals surface area contributed by atoms with Gasteiger partial charge in [0.2, 0.25) is 11.1 Å². The molecule has 0 aliphatic rings. The Bertz CT molecular complexity index is 222. The largest absolute Gasteiger partial charge is 0.413 e. The molecule has 0 aromatic rings. The molecule has 0 saturated carbocycles. The Morgan fingerprint density at radius 2 is 1.38 bits per heavy atom. The fourth-order valence-electron chi connectivity index (χ4n) is 0.285. The minimum atomic E-state index is -6.00. The van der Waals surface area contributed by atoms with Crippen LogP contribution in [-0.2, 0) is 11.1 Å². The van der Waals surface area contributed by atoms with Crippen molar-refractivity contribution < 1.29 is 35.1 Å². The number of thiol groups is 1. The fraction of sp³-hybridized carbons (Fsp3) is 1.00. The Labute approximate surface area is 76.0 Å². The van der Waals surface area contributed by atoms with Crippen LogP contribution in [0.15, 0.2) is 0 Å². The first-order valence-electron chi connectivity index (χ1n) is 2.41. The standard InChI is InChI=1S/C3H2F6O2S2/c4-1(5,2(6,7)12)3(8,9)13(10)11/h12H,(H,10,11). The third-order valence-corrected chi connectivity index (χ3v) is 1.94. The Hall–Kier alpha value is 0.0400. The van der Waals surface area contributed by atoms with E-state index in [0.29, 0.717) is 0 Å². The maximum Gasteiger partial charge on any atom is 0.413 e. The number of hydrogen-bond donors (Lipinski definition) is 2. The first kappa shape index (κ1) is 13.0. The third kappa shape index (κ3) is 2.10. The van der Waals surface area contributed by atoms with Gasteiger partial charge in [0.15, 0.2) is 0 Å². The van der Waals surface area contributed by atoms with Gasteiger partial charge in [-0.15, -0.1) is 0 Å². The quantitative estimate of drug-likeness (QED) is 0.455. The van der Waals surface area contributed by atoms with Crippen molar-refractivity contribution in [3.8, 4) is 0 Å². The maximum atomic E-state index is 12.0. The molecule has 10 heteroatoms. The van der Waals surface area contributed by atoms with Crippen molar-refractivity contribution in [2.45, 2.75) is 16.4 Å². The van der Waals surface area contributed by atoms with Crippen molar-refractivity contribution in [2.75, 3.05) is 0 Å². The van der Waals surface area contributed by atoms with Gasteiger partial charge >= 0.3 is 16.4 Å². The van der Waals surface area contributed by atoms with Crippen LogP contribution in [-0.4, -0.2) is 25.2 Å². The van der Waals surface area contributed by atoms with Crippen LogP contribution in [0, 0.1) is 0 Å². The zero-order chi connectivity index (χ0) is 11.1. The Morgan fingerprint density at radius 3 is 1.46 bits per heavy atom. The Morgan fingerprint density at radius 1 is 1.08 bits per heavy atom. The zero-order valence-electron chi connectivity index (χ0n) is 5.48. The predicted molar refractivity (Wildman–Crippen MR) is 34.6 cm³/mol. The molecule has 0 amide bonds. The molecule has 2 nitrogen and oxygen atoms in total. The number of rotatable bonds is 3. The lowest BCUT2D eigenvalue weighted by Crippen LogP contribution is -2.53. The lowest BCUT2D eigenvalue weighted by Gasteiger charge is -2.27. The van der Waals surface area contributed by atoms with E-state index in [1.165, 1.54) is 0 Å². The highest BCUT2D eigenvalue weighted by Crippen LogP contribution is 2.48. The summed E-state index contributed by atoms with van der Waals surface area (Å²) in [6.07, 6.45) is 0. The highest BCUT2D eigenvalue weighted by atomic mass is 32.2. The maximum absolute atomic E-state index is 12.0. The average molecular weight is 248 g/mol. The smallest absolute Gasteiger partial charge is 0.301 e. The molecule has 1 atom stereocenters. The topological polar surface area (TPSA) is 37.3 Å². The Balaban J connectivity index is 5.16. The molecular weight excluding hydrogens is 246 g/mol. The van der Waals surface area contributed by atoms with Crippen molar-refractivity contribution in [3.05, 3.63) is 0 Å². The van der Waals surface area contributed by atoms with Crippen LogP contribution in [0.2, 0.25) is 0 Å². The van der Waals surface area contributed by atoms with Crippen molar-refractivity contribution in [3.63, 3.8) is 0 Å². The highest BCUT2D eigenvalue weighted by Gasteiger charge is 2.73. The molecule has 0 saturated heterocycles. The summed E-state index contributed by atoms with van der Waals surface area (Å²) in [6, 6.07) is 0. The SMILES string of the molecule is O=S(O)C(F)(F)C(F)(F)C(F)(F)S. The van der Waals surface area contributed by atoms with E-state index in [-0.39, 0.29) is 0 Å². The molecule has 0 spiro atoms. The van der Waals surface area contributed by atoms with Gasteiger partial charge in [-0.3, -0.25) is 0 Å². The van der Waals surface area contributed by atoms with Crippen molar-refractivity contribution in [1.82, 2.24) is 0 Å². The molecule has 0 heterocycles. The molecule has 0 aliphatic heterocycles. The van der Waals surface area contributed by atoms with Gasteiger partial charge in [-0.25, -0.2) is 4.21 Å². The summed E-state index contributed by atoms with van der Waals surface area (Å²) in [5, 5.41) is -11.1. The molecule has 0 aromatic carbocycles. The van der Waals surface area contributed by atoms with Crippen LogP contribution >= 0.6 is 12.6 Å².